The molecule has 0 fully saturated rings. The van der Waals surface area contributed by atoms with Crippen LogP contribution in [0.4, 0.5) is 0 Å². The minimum atomic E-state index is 0.616. The highest BCUT2D eigenvalue weighted by Crippen LogP contribution is 2.11. The van der Waals surface area contributed by atoms with E-state index in [-0.39, 0.29) is 0 Å². The summed E-state index contributed by atoms with van der Waals surface area (Å²) in [6.45, 7) is 5.07. The molecule has 1 aromatic rings. The van der Waals surface area contributed by atoms with Crippen LogP contribution in [-0.2, 0) is 11.3 Å². The summed E-state index contributed by atoms with van der Waals surface area (Å²) < 4.78 is 10.9. The second-order valence-corrected chi connectivity index (χ2v) is 3.64. The molecule has 90 valence electrons. The summed E-state index contributed by atoms with van der Waals surface area (Å²) in [5.74, 6) is 0.903. The van der Waals surface area contributed by atoms with Crippen LogP contribution in [0, 0.1) is 0 Å². The maximum Gasteiger partial charge on any atom is 0.119 e. The second-order valence-electron chi connectivity index (χ2n) is 3.64. The zero-order valence-corrected chi connectivity index (χ0v) is 10.2. The zero-order valence-electron chi connectivity index (χ0n) is 10.2. The molecule has 0 aliphatic rings. The lowest BCUT2D eigenvalue weighted by atomic mass is 10.2. The van der Waals surface area contributed by atoms with Crippen molar-refractivity contribution in [3.8, 4) is 5.75 Å². The molecule has 1 aromatic carbocycles. The van der Waals surface area contributed by atoms with Crippen molar-refractivity contribution in [3.63, 3.8) is 0 Å². The maximum atomic E-state index is 5.54. The van der Waals surface area contributed by atoms with Gasteiger partial charge >= 0.3 is 0 Å². The van der Waals surface area contributed by atoms with E-state index in [1.807, 2.05) is 19.2 Å². The smallest absolute Gasteiger partial charge is 0.119 e. The summed E-state index contributed by atoms with van der Waals surface area (Å²) >= 11 is 0. The first-order chi connectivity index (χ1) is 7.86. The molecular formula is C13H21NO2. The first kappa shape index (κ1) is 13.0. The zero-order chi connectivity index (χ0) is 11.6. The van der Waals surface area contributed by atoms with E-state index in [2.05, 4.69) is 24.4 Å². The number of benzene rings is 1. The Morgan fingerprint density at radius 1 is 1.06 bits per heavy atom. The SMILES string of the molecule is CCCOCCOc1ccc(CNC)cc1. The molecule has 1 rings (SSSR count). The number of ether oxygens (including phenoxy) is 2. The monoisotopic (exact) mass is 223 g/mol. The van der Waals surface area contributed by atoms with Crippen LogP contribution in [0.2, 0.25) is 0 Å². The van der Waals surface area contributed by atoms with Gasteiger partial charge in [-0.15, -0.1) is 0 Å². The lowest BCUT2D eigenvalue weighted by molar-refractivity contribution is 0.101. The third kappa shape index (κ3) is 5.14. The number of rotatable bonds is 8. The lowest BCUT2D eigenvalue weighted by Crippen LogP contribution is -2.07. The van der Waals surface area contributed by atoms with Gasteiger partial charge in [0.2, 0.25) is 0 Å². The number of hydrogen-bond donors (Lipinski definition) is 1. The Morgan fingerprint density at radius 2 is 1.81 bits per heavy atom. The first-order valence-corrected chi connectivity index (χ1v) is 5.81. The van der Waals surface area contributed by atoms with Crippen molar-refractivity contribution >= 4 is 0 Å². The second kappa shape index (κ2) is 8.13. The van der Waals surface area contributed by atoms with Gasteiger partial charge < -0.3 is 14.8 Å². The third-order valence-electron chi connectivity index (χ3n) is 2.15. The summed E-state index contributed by atoms with van der Waals surface area (Å²) in [5, 5.41) is 3.11. The van der Waals surface area contributed by atoms with Crippen molar-refractivity contribution in [2.24, 2.45) is 0 Å². The molecule has 0 aromatic heterocycles. The van der Waals surface area contributed by atoms with Gasteiger partial charge in [-0.25, -0.2) is 0 Å². The Kier molecular flexibility index (Phi) is 6.61. The van der Waals surface area contributed by atoms with E-state index < -0.39 is 0 Å². The predicted octanol–water partition coefficient (Wildman–Crippen LogP) is 2.21. The molecular weight excluding hydrogens is 202 g/mol. The molecule has 3 heteroatoms. The van der Waals surface area contributed by atoms with Crippen molar-refractivity contribution < 1.29 is 9.47 Å². The van der Waals surface area contributed by atoms with Gasteiger partial charge in [0, 0.05) is 13.2 Å². The largest absolute Gasteiger partial charge is 0.491 e. The van der Waals surface area contributed by atoms with Crippen molar-refractivity contribution in [1.82, 2.24) is 5.32 Å². The van der Waals surface area contributed by atoms with Crippen molar-refractivity contribution in [3.05, 3.63) is 29.8 Å². The molecule has 0 aliphatic carbocycles. The fourth-order valence-electron chi connectivity index (χ4n) is 1.37. The quantitative estimate of drug-likeness (QED) is 0.685. The molecule has 0 radical (unpaired) electrons. The summed E-state index contributed by atoms with van der Waals surface area (Å²) in [5.41, 5.74) is 1.26. The van der Waals surface area contributed by atoms with E-state index in [1.165, 1.54) is 5.56 Å². The minimum absolute atomic E-state index is 0.616. The van der Waals surface area contributed by atoms with Crippen molar-refractivity contribution in [1.29, 1.82) is 0 Å². The molecule has 0 saturated carbocycles. The maximum absolute atomic E-state index is 5.54. The van der Waals surface area contributed by atoms with Crippen LogP contribution in [0.1, 0.15) is 18.9 Å². The average molecular weight is 223 g/mol. The van der Waals surface area contributed by atoms with E-state index >= 15 is 0 Å². The molecule has 1 N–H and O–H groups in total. The van der Waals surface area contributed by atoms with Gasteiger partial charge in [-0.3, -0.25) is 0 Å². The van der Waals surface area contributed by atoms with Crippen molar-refractivity contribution in [2.45, 2.75) is 19.9 Å². The highest BCUT2D eigenvalue weighted by molar-refractivity contribution is 5.27. The fraction of sp³-hybridized carbons (Fsp3) is 0.538. The highest BCUT2D eigenvalue weighted by Gasteiger charge is 1.94. The Balaban J connectivity index is 2.21. The Hall–Kier alpha value is -1.06. The molecule has 0 spiro atoms. The number of hydrogen-bond acceptors (Lipinski definition) is 3. The topological polar surface area (TPSA) is 30.5 Å². The normalized spacial score (nSPS) is 10.4. The van der Waals surface area contributed by atoms with Gasteiger partial charge in [-0.2, -0.15) is 0 Å². The van der Waals surface area contributed by atoms with Crippen LogP contribution in [0.15, 0.2) is 24.3 Å². The van der Waals surface area contributed by atoms with Gasteiger partial charge in [0.05, 0.1) is 6.61 Å². The Morgan fingerprint density at radius 3 is 2.44 bits per heavy atom. The van der Waals surface area contributed by atoms with Crippen LogP contribution in [-0.4, -0.2) is 26.9 Å². The highest BCUT2D eigenvalue weighted by atomic mass is 16.5. The molecule has 0 heterocycles. The summed E-state index contributed by atoms with van der Waals surface area (Å²) in [7, 11) is 1.94. The van der Waals surface area contributed by atoms with E-state index in [0.717, 1.165) is 25.3 Å². The molecule has 0 bridgehead atoms. The standard InChI is InChI=1S/C13H21NO2/c1-3-8-15-9-10-16-13-6-4-12(5-7-13)11-14-2/h4-7,14H,3,8-11H2,1-2H3. The molecule has 0 unspecified atom stereocenters. The Bertz CT molecular complexity index is 272. The molecule has 0 saturated heterocycles. The van der Waals surface area contributed by atoms with Crippen LogP contribution >= 0.6 is 0 Å². The van der Waals surface area contributed by atoms with Crippen LogP contribution < -0.4 is 10.1 Å². The Labute approximate surface area is 97.8 Å². The summed E-state index contributed by atoms with van der Waals surface area (Å²) in [6.07, 6.45) is 1.05. The first-order valence-electron chi connectivity index (χ1n) is 5.81. The van der Waals surface area contributed by atoms with Crippen LogP contribution in [0.25, 0.3) is 0 Å². The average Bonchev–Trinajstić information content (AvgIpc) is 2.31. The molecule has 0 amide bonds. The van der Waals surface area contributed by atoms with Crippen LogP contribution in [0.3, 0.4) is 0 Å². The molecule has 0 aliphatic heterocycles. The lowest BCUT2D eigenvalue weighted by Gasteiger charge is -2.07. The van der Waals surface area contributed by atoms with E-state index in [0.29, 0.717) is 13.2 Å². The van der Waals surface area contributed by atoms with Gasteiger partial charge in [0.15, 0.2) is 0 Å². The van der Waals surface area contributed by atoms with E-state index in [9.17, 15) is 0 Å². The predicted molar refractivity (Wildman–Crippen MR) is 65.8 cm³/mol. The van der Waals surface area contributed by atoms with Gasteiger partial charge in [-0.1, -0.05) is 19.1 Å². The molecule has 16 heavy (non-hydrogen) atoms. The van der Waals surface area contributed by atoms with Gasteiger partial charge in [0.25, 0.3) is 0 Å². The summed E-state index contributed by atoms with van der Waals surface area (Å²) in [6, 6.07) is 8.12. The van der Waals surface area contributed by atoms with Crippen LogP contribution in [0.5, 0.6) is 5.75 Å². The van der Waals surface area contributed by atoms with Gasteiger partial charge in [0.1, 0.15) is 12.4 Å². The fourth-order valence-corrected chi connectivity index (χ4v) is 1.37. The minimum Gasteiger partial charge on any atom is -0.491 e. The third-order valence-corrected chi connectivity index (χ3v) is 2.15. The molecule has 3 nitrogen and oxygen atoms in total. The summed E-state index contributed by atoms with van der Waals surface area (Å²) in [4.78, 5) is 0. The van der Waals surface area contributed by atoms with E-state index in [1.54, 1.807) is 0 Å². The van der Waals surface area contributed by atoms with Gasteiger partial charge in [-0.05, 0) is 31.2 Å². The molecule has 0 atom stereocenters. The number of nitrogens with one attached hydrogen (secondary N) is 1. The van der Waals surface area contributed by atoms with E-state index in [4.69, 9.17) is 9.47 Å². The van der Waals surface area contributed by atoms with Crippen molar-refractivity contribution in [2.75, 3.05) is 26.9 Å².